The van der Waals surface area contributed by atoms with Gasteiger partial charge in [0.2, 0.25) is 0 Å². The summed E-state index contributed by atoms with van der Waals surface area (Å²) >= 11 is 19.7. The Balaban J connectivity index is 2.04. The molecule has 1 aromatic heterocycles. The second-order valence-electron chi connectivity index (χ2n) is 6.30. The highest BCUT2D eigenvalue weighted by atomic mass is 35.5. The SMILES string of the molecule is Cc1cnc(N(C(=S)N(C)c2ccc(Cl)c(Cl)c2)c2ccc(C)c(C)c2)s1. The number of aryl methyl sites for hydroxylation is 3. The number of nitrogens with zero attached hydrogens (tertiary/aromatic N) is 3. The third-order valence-electron chi connectivity index (χ3n) is 4.32. The predicted molar refractivity (Wildman–Crippen MR) is 122 cm³/mol. The zero-order chi connectivity index (χ0) is 19.7. The van der Waals surface area contributed by atoms with Crippen LogP contribution in [0.15, 0.2) is 42.6 Å². The van der Waals surface area contributed by atoms with E-state index in [-0.39, 0.29) is 0 Å². The minimum atomic E-state index is 0.492. The summed E-state index contributed by atoms with van der Waals surface area (Å²) in [5.74, 6) is 0. The first-order chi connectivity index (χ1) is 12.8. The molecule has 2 aromatic carbocycles. The molecule has 0 spiro atoms. The van der Waals surface area contributed by atoms with Crippen molar-refractivity contribution in [3.05, 3.63) is 68.6 Å². The molecule has 0 saturated heterocycles. The van der Waals surface area contributed by atoms with Crippen molar-refractivity contribution in [3.8, 4) is 0 Å². The molecule has 0 atom stereocenters. The number of hydrogen-bond acceptors (Lipinski definition) is 3. The van der Waals surface area contributed by atoms with E-state index in [2.05, 4.69) is 37.0 Å². The lowest BCUT2D eigenvalue weighted by Gasteiger charge is -2.30. The van der Waals surface area contributed by atoms with Crippen LogP contribution in [-0.2, 0) is 0 Å². The van der Waals surface area contributed by atoms with Gasteiger partial charge < -0.3 is 4.90 Å². The Morgan fingerprint density at radius 1 is 0.963 bits per heavy atom. The fourth-order valence-electron chi connectivity index (χ4n) is 2.57. The van der Waals surface area contributed by atoms with Crippen LogP contribution in [0.3, 0.4) is 0 Å². The zero-order valence-corrected chi connectivity index (χ0v) is 18.6. The molecule has 0 saturated carbocycles. The highest BCUT2D eigenvalue weighted by Gasteiger charge is 2.22. The van der Waals surface area contributed by atoms with Gasteiger partial charge in [-0.15, -0.1) is 11.3 Å². The van der Waals surface area contributed by atoms with Crippen molar-refractivity contribution in [3.63, 3.8) is 0 Å². The van der Waals surface area contributed by atoms with Crippen molar-refractivity contribution >= 4 is 68.4 Å². The number of thiazole rings is 1. The van der Waals surface area contributed by atoms with Gasteiger partial charge in [0.15, 0.2) is 10.2 Å². The molecule has 0 aliphatic rings. The Bertz CT molecular complexity index is 1000. The largest absolute Gasteiger partial charge is 0.321 e. The summed E-state index contributed by atoms with van der Waals surface area (Å²) < 4.78 is 0. The third-order valence-corrected chi connectivity index (χ3v) is 6.41. The summed E-state index contributed by atoms with van der Waals surface area (Å²) in [6, 6.07) is 11.8. The molecule has 0 unspecified atom stereocenters. The molecule has 0 N–H and O–H groups in total. The molecular formula is C20H19Cl2N3S2. The Morgan fingerprint density at radius 2 is 1.67 bits per heavy atom. The number of benzene rings is 2. The second kappa shape index (κ2) is 8.15. The Hall–Kier alpha value is -1.66. The number of rotatable bonds is 3. The van der Waals surface area contributed by atoms with Crippen molar-refractivity contribution in [2.75, 3.05) is 16.8 Å². The van der Waals surface area contributed by atoms with Crippen LogP contribution >= 0.6 is 46.8 Å². The van der Waals surface area contributed by atoms with Crippen molar-refractivity contribution in [1.82, 2.24) is 4.98 Å². The van der Waals surface area contributed by atoms with Gasteiger partial charge in [-0.3, -0.25) is 4.90 Å². The van der Waals surface area contributed by atoms with Crippen LogP contribution in [0.2, 0.25) is 10.0 Å². The van der Waals surface area contributed by atoms with Crippen LogP contribution in [0, 0.1) is 20.8 Å². The molecule has 3 nitrogen and oxygen atoms in total. The molecule has 0 aliphatic heterocycles. The maximum absolute atomic E-state index is 6.19. The quantitative estimate of drug-likeness (QED) is 0.414. The van der Waals surface area contributed by atoms with Crippen molar-refractivity contribution in [2.45, 2.75) is 20.8 Å². The van der Waals surface area contributed by atoms with Gasteiger partial charge in [-0.05, 0) is 74.4 Å². The molecular weight excluding hydrogens is 417 g/mol. The monoisotopic (exact) mass is 435 g/mol. The standard InChI is InChI=1S/C20H19Cl2N3S2/c1-12-5-6-16(9-13(12)2)25(19-23-11-14(3)27-19)20(26)24(4)15-7-8-17(21)18(22)10-15/h5-11H,1-4H3. The average Bonchev–Trinajstić information content (AvgIpc) is 3.05. The molecule has 3 rings (SSSR count). The van der Waals surface area contributed by atoms with Gasteiger partial charge >= 0.3 is 0 Å². The minimum Gasteiger partial charge on any atom is -0.321 e. The van der Waals surface area contributed by atoms with Gasteiger partial charge in [-0.25, -0.2) is 4.98 Å². The summed E-state index contributed by atoms with van der Waals surface area (Å²) in [5, 5.41) is 2.44. The normalized spacial score (nSPS) is 10.7. The lowest BCUT2D eigenvalue weighted by molar-refractivity contribution is 1.19. The summed E-state index contributed by atoms with van der Waals surface area (Å²) in [6.07, 6.45) is 1.86. The van der Waals surface area contributed by atoms with E-state index in [1.807, 2.05) is 42.1 Å². The number of halogens is 2. The fraction of sp³-hybridized carbons (Fsp3) is 0.200. The van der Waals surface area contributed by atoms with Crippen molar-refractivity contribution < 1.29 is 0 Å². The topological polar surface area (TPSA) is 19.4 Å². The molecule has 27 heavy (non-hydrogen) atoms. The molecule has 1 heterocycles. The number of aromatic nitrogens is 1. The van der Waals surface area contributed by atoms with Gasteiger partial charge in [0.1, 0.15) is 0 Å². The Kier molecular flexibility index (Phi) is 6.06. The van der Waals surface area contributed by atoms with E-state index in [4.69, 9.17) is 35.4 Å². The molecule has 140 valence electrons. The summed E-state index contributed by atoms with van der Waals surface area (Å²) in [7, 11) is 1.91. The van der Waals surface area contributed by atoms with E-state index in [1.54, 1.807) is 17.4 Å². The lowest BCUT2D eigenvalue weighted by atomic mass is 10.1. The maximum Gasteiger partial charge on any atom is 0.196 e. The first-order valence-electron chi connectivity index (χ1n) is 8.30. The highest BCUT2D eigenvalue weighted by molar-refractivity contribution is 7.80. The van der Waals surface area contributed by atoms with Crippen LogP contribution < -0.4 is 9.80 Å². The van der Waals surface area contributed by atoms with Crippen LogP contribution in [-0.4, -0.2) is 17.1 Å². The number of thiocarbonyl (C=S) groups is 1. The molecule has 0 aliphatic carbocycles. The van der Waals surface area contributed by atoms with E-state index in [9.17, 15) is 0 Å². The van der Waals surface area contributed by atoms with Gasteiger partial charge in [-0.2, -0.15) is 0 Å². The second-order valence-corrected chi connectivity index (χ2v) is 8.69. The molecule has 0 radical (unpaired) electrons. The molecule has 0 fully saturated rings. The summed E-state index contributed by atoms with van der Waals surface area (Å²) in [4.78, 5) is 9.57. The maximum atomic E-state index is 6.19. The fourth-order valence-corrected chi connectivity index (χ4v) is 4.00. The van der Waals surface area contributed by atoms with Crippen LogP contribution in [0.4, 0.5) is 16.5 Å². The first-order valence-corrected chi connectivity index (χ1v) is 10.3. The Morgan fingerprint density at radius 3 is 2.26 bits per heavy atom. The van der Waals surface area contributed by atoms with E-state index >= 15 is 0 Å². The van der Waals surface area contributed by atoms with Gasteiger partial charge in [-0.1, -0.05) is 29.3 Å². The molecule has 0 bridgehead atoms. The summed E-state index contributed by atoms with van der Waals surface area (Å²) in [5.41, 5.74) is 4.27. The zero-order valence-electron chi connectivity index (χ0n) is 15.5. The van der Waals surface area contributed by atoms with Crippen LogP contribution in [0.25, 0.3) is 0 Å². The summed E-state index contributed by atoms with van der Waals surface area (Å²) in [6.45, 7) is 6.22. The van der Waals surface area contributed by atoms with Crippen LogP contribution in [0.5, 0.6) is 0 Å². The van der Waals surface area contributed by atoms with E-state index in [0.29, 0.717) is 15.2 Å². The van der Waals surface area contributed by atoms with E-state index in [1.165, 1.54) is 11.1 Å². The number of anilines is 3. The first kappa shape index (κ1) is 20.1. The number of hydrogen-bond donors (Lipinski definition) is 0. The smallest absolute Gasteiger partial charge is 0.196 e. The lowest BCUT2D eigenvalue weighted by Crippen LogP contribution is -2.38. The van der Waals surface area contributed by atoms with Gasteiger partial charge in [0.25, 0.3) is 0 Å². The third kappa shape index (κ3) is 4.27. The van der Waals surface area contributed by atoms with Crippen molar-refractivity contribution in [2.24, 2.45) is 0 Å². The highest BCUT2D eigenvalue weighted by Crippen LogP contribution is 2.33. The Labute approximate surface area is 179 Å². The van der Waals surface area contributed by atoms with Crippen molar-refractivity contribution in [1.29, 1.82) is 0 Å². The van der Waals surface area contributed by atoms with Crippen LogP contribution in [0.1, 0.15) is 16.0 Å². The predicted octanol–water partition coefficient (Wildman–Crippen LogP) is 6.93. The minimum absolute atomic E-state index is 0.492. The van der Waals surface area contributed by atoms with Gasteiger partial charge in [0, 0.05) is 23.8 Å². The molecule has 3 aromatic rings. The van der Waals surface area contributed by atoms with E-state index in [0.717, 1.165) is 21.4 Å². The van der Waals surface area contributed by atoms with E-state index < -0.39 is 0 Å². The van der Waals surface area contributed by atoms with Gasteiger partial charge in [0.05, 0.1) is 15.7 Å². The molecule has 0 amide bonds. The average molecular weight is 436 g/mol. The molecule has 7 heteroatoms.